The molecule has 2 N–H and O–H groups in total. The van der Waals surface area contributed by atoms with Gasteiger partial charge in [0.15, 0.2) is 0 Å². The minimum atomic E-state index is -0.485. The summed E-state index contributed by atoms with van der Waals surface area (Å²) in [6.45, 7) is 3.09. The molecule has 0 bridgehead atoms. The SMILES string of the molecule is O=C(CN1CCOCC1)Nc1ccc(NC(=O)c2cc(F)ccc2Br)cc1. The van der Waals surface area contributed by atoms with Crippen molar-refractivity contribution in [2.45, 2.75) is 0 Å². The van der Waals surface area contributed by atoms with E-state index in [2.05, 4.69) is 26.6 Å². The van der Waals surface area contributed by atoms with E-state index < -0.39 is 11.7 Å². The second kappa shape index (κ2) is 9.07. The van der Waals surface area contributed by atoms with Crippen LogP contribution in [0.5, 0.6) is 0 Å². The zero-order chi connectivity index (χ0) is 19.2. The number of anilines is 2. The lowest BCUT2D eigenvalue weighted by molar-refractivity contribution is -0.118. The predicted molar refractivity (Wildman–Crippen MR) is 104 cm³/mol. The summed E-state index contributed by atoms with van der Waals surface area (Å²) in [6.07, 6.45) is 0. The number of benzene rings is 2. The molecule has 0 atom stereocenters. The van der Waals surface area contributed by atoms with Crippen LogP contribution in [-0.2, 0) is 9.53 Å². The minimum absolute atomic E-state index is 0.0997. The standard InChI is InChI=1S/C19H19BrFN3O3/c20-17-6-1-13(21)11-16(17)19(26)23-15-4-2-14(3-5-15)22-18(25)12-24-7-9-27-10-8-24/h1-6,11H,7-10,12H2,(H,22,25)(H,23,26). The van der Waals surface area contributed by atoms with Crippen molar-refractivity contribution in [2.75, 3.05) is 43.5 Å². The van der Waals surface area contributed by atoms with Gasteiger partial charge in [0.1, 0.15) is 5.82 Å². The largest absolute Gasteiger partial charge is 0.379 e. The monoisotopic (exact) mass is 435 g/mol. The van der Waals surface area contributed by atoms with Crippen molar-refractivity contribution in [3.63, 3.8) is 0 Å². The van der Waals surface area contributed by atoms with Gasteiger partial charge < -0.3 is 15.4 Å². The van der Waals surface area contributed by atoms with Crippen LogP contribution in [-0.4, -0.2) is 49.6 Å². The van der Waals surface area contributed by atoms with Gasteiger partial charge in [-0.25, -0.2) is 4.39 Å². The summed E-state index contributed by atoms with van der Waals surface area (Å²) in [7, 11) is 0. The van der Waals surface area contributed by atoms with Gasteiger partial charge in [-0.05, 0) is 58.4 Å². The van der Waals surface area contributed by atoms with Gasteiger partial charge in [0, 0.05) is 28.9 Å². The summed E-state index contributed by atoms with van der Waals surface area (Å²) >= 11 is 3.24. The number of nitrogens with one attached hydrogen (secondary N) is 2. The molecule has 27 heavy (non-hydrogen) atoms. The number of hydrogen-bond donors (Lipinski definition) is 2. The first-order chi connectivity index (χ1) is 13.0. The highest BCUT2D eigenvalue weighted by molar-refractivity contribution is 9.10. The number of carbonyl (C=O) groups is 2. The molecule has 0 saturated carbocycles. The predicted octanol–water partition coefficient (Wildman–Crippen LogP) is 3.11. The van der Waals surface area contributed by atoms with Crippen molar-refractivity contribution in [1.29, 1.82) is 0 Å². The van der Waals surface area contributed by atoms with E-state index in [1.54, 1.807) is 24.3 Å². The fraction of sp³-hybridized carbons (Fsp3) is 0.263. The Balaban J connectivity index is 1.56. The fourth-order valence-electron chi connectivity index (χ4n) is 2.67. The van der Waals surface area contributed by atoms with Gasteiger partial charge in [-0.2, -0.15) is 0 Å². The molecule has 0 unspecified atom stereocenters. The van der Waals surface area contributed by atoms with E-state index in [0.29, 0.717) is 35.6 Å². The van der Waals surface area contributed by atoms with E-state index in [1.165, 1.54) is 18.2 Å². The van der Waals surface area contributed by atoms with E-state index >= 15 is 0 Å². The average molecular weight is 436 g/mol. The van der Waals surface area contributed by atoms with E-state index in [9.17, 15) is 14.0 Å². The van der Waals surface area contributed by atoms with Crippen LogP contribution in [0.4, 0.5) is 15.8 Å². The van der Waals surface area contributed by atoms with Gasteiger partial charge in [0.2, 0.25) is 5.91 Å². The number of amides is 2. The molecule has 6 nitrogen and oxygen atoms in total. The zero-order valence-corrected chi connectivity index (χ0v) is 16.1. The molecule has 0 aliphatic carbocycles. The summed E-state index contributed by atoms with van der Waals surface area (Å²) in [5.74, 6) is -1.01. The molecule has 0 aromatic heterocycles. The molecule has 142 valence electrons. The van der Waals surface area contributed by atoms with Crippen molar-refractivity contribution in [3.8, 4) is 0 Å². The van der Waals surface area contributed by atoms with Gasteiger partial charge in [0.25, 0.3) is 5.91 Å². The zero-order valence-electron chi connectivity index (χ0n) is 14.5. The number of carbonyl (C=O) groups excluding carboxylic acids is 2. The first-order valence-electron chi connectivity index (χ1n) is 8.48. The molecular weight excluding hydrogens is 417 g/mol. The van der Waals surface area contributed by atoms with Crippen molar-refractivity contribution in [2.24, 2.45) is 0 Å². The van der Waals surface area contributed by atoms with Crippen LogP contribution in [0.3, 0.4) is 0 Å². The van der Waals surface area contributed by atoms with Crippen LogP contribution in [0, 0.1) is 5.82 Å². The Hall–Kier alpha value is -2.29. The Morgan fingerprint density at radius 3 is 2.33 bits per heavy atom. The molecule has 0 radical (unpaired) electrons. The molecule has 2 aromatic rings. The third-order valence-electron chi connectivity index (χ3n) is 4.07. The van der Waals surface area contributed by atoms with E-state index in [4.69, 9.17) is 4.74 Å². The number of nitrogens with zero attached hydrogens (tertiary/aromatic N) is 1. The minimum Gasteiger partial charge on any atom is -0.379 e. The lowest BCUT2D eigenvalue weighted by Gasteiger charge is -2.25. The number of halogens is 2. The van der Waals surface area contributed by atoms with Crippen LogP contribution < -0.4 is 10.6 Å². The number of morpholine rings is 1. The first kappa shape index (κ1) is 19.5. The number of ether oxygens (including phenoxy) is 1. The third kappa shape index (κ3) is 5.59. The van der Waals surface area contributed by atoms with Gasteiger partial charge in [0.05, 0.1) is 25.3 Å². The second-order valence-electron chi connectivity index (χ2n) is 6.09. The average Bonchev–Trinajstić information content (AvgIpc) is 2.66. The molecule has 1 aliphatic heterocycles. The van der Waals surface area contributed by atoms with Crippen molar-refractivity contribution in [1.82, 2.24) is 4.90 Å². The van der Waals surface area contributed by atoms with Crippen LogP contribution in [0.25, 0.3) is 0 Å². The van der Waals surface area contributed by atoms with Gasteiger partial charge in [-0.3, -0.25) is 14.5 Å². The van der Waals surface area contributed by atoms with Crippen LogP contribution >= 0.6 is 15.9 Å². The van der Waals surface area contributed by atoms with Gasteiger partial charge >= 0.3 is 0 Å². The molecule has 1 fully saturated rings. The van der Waals surface area contributed by atoms with Crippen LogP contribution in [0.1, 0.15) is 10.4 Å². The molecule has 1 aliphatic rings. The Kier molecular flexibility index (Phi) is 6.54. The summed E-state index contributed by atoms with van der Waals surface area (Å²) in [6, 6.07) is 10.7. The maximum Gasteiger partial charge on any atom is 0.256 e. The molecule has 1 saturated heterocycles. The summed E-state index contributed by atoms with van der Waals surface area (Å²) in [5.41, 5.74) is 1.39. The van der Waals surface area contributed by atoms with Crippen molar-refractivity contribution < 1.29 is 18.7 Å². The molecule has 3 rings (SSSR count). The van der Waals surface area contributed by atoms with E-state index in [1.807, 2.05) is 4.90 Å². The Morgan fingerprint density at radius 1 is 1.04 bits per heavy atom. The highest BCUT2D eigenvalue weighted by atomic mass is 79.9. The summed E-state index contributed by atoms with van der Waals surface area (Å²) < 4.78 is 19.1. The normalized spacial score (nSPS) is 14.6. The van der Waals surface area contributed by atoms with Crippen molar-refractivity contribution >= 4 is 39.1 Å². The molecular formula is C19H19BrFN3O3. The highest BCUT2D eigenvalue weighted by Crippen LogP contribution is 2.20. The van der Waals surface area contributed by atoms with Crippen molar-refractivity contribution in [3.05, 3.63) is 58.3 Å². The Labute approximate surface area is 164 Å². The molecule has 2 amide bonds. The maximum absolute atomic E-state index is 13.3. The highest BCUT2D eigenvalue weighted by Gasteiger charge is 2.14. The molecule has 8 heteroatoms. The maximum atomic E-state index is 13.3. The van der Waals surface area contributed by atoms with Gasteiger partial charge in [-0.1, -0.05) is 0 Å². The Morgan fingerprint density at radius 2 is 1.67 bits per heavy atom. The lowest BCUT2D eigenvalue weighted by Crippen LogP contribution is -2.41. The molecule has 2 aromatic carbocycles. The quantitative estimate of drug-likeness (QED) is 0.756. The smallest absolute Gasteiger partial charge is 0.256 e. The first-order valence-corrected chi connectivity index (χ1v) is 9.27. The molecule has 1 heterocycles. The summed E-state index contributed by atoms with van der Waals surface area (Å²) in [5, 5.41) is 5.53. The van der Waals surface area contributed by atoms with E-state index in [0.717, 1.165) is 13.1 Å². The third-order valence-corrected chi connectivity index (χ3v) is 4.76. The topological polar surface area (TPSA) is 70.7 Å². The molecule has 0 spiro atoms. The second-order valence-corrected chi connectivity index (χ2v) is 6.95. The fourth-order valence-corrected chi connectivity index (χ4v) is 3.10. The van der Waals surface area contributed by atoms with Crippen LogP contribution in [0.2, 0.25) is 0 Å². The summed E-state index contributed by atoms with van der Waals surface area (Å²) in [4.78, 5) is 26.4. The van der Waals surface area contributed by atoms with Gasteiger partial charge in [-0.15, -0.1) is 0 Å². The lowest BCUT2D eigenvalue weighted by atomic mass is 10.2. The number of hydrogen-bond acceptors (Lipinski definition) is 4. The van der Waals surface area contributed by atoms with Crippen LogP contribution in [0.15, 0.2) is 46.9 Å². The number of rotatable bonds is 5. The Bertz CT molecular complexity index is 823. The van der Waals surface area contributed by atoms with E-state index in [-0.39, 0.29) is 11.5 Å².